The highest BCUT2D eigenvalue weighted by atomic mass is 79.9. The lowest BCUT2D eigenvalue weighted by Gasteiger charge is -2.07. The number of benzene rings is 1. The Labute approximate surface area is 93.3 Å². The summed E-state index contributed by atoms with van der Waals surface area (Å²) in [4.78, 5) is 13.8. The van der Waals surface area contributed by atoms with Crippen molar-refractivity contribution in [2.24, 2.45) is 4.99 Å². The smallest absolute Gasteiger partial charge is 0.211 e. The van der Waals surface area contributed by atoms with E-state index in [1.807, 2.05) is 19.9 Å². The monoisotopic (exact) mass is 303 g/mol. The van der Waals surface area contributed by atoms with Gasteiger partial charge in [0.1, 0.15) is 0 Å². The molecule has 0 fully saturated rings. The van der Waals surface area contributed by atoms with Gasteiger partial charge in [-0.15, -0.1) is 0 Å². The molecule has 0 atom stereocenters. The highest BCUT2D eigenvalue weighted by molar-refractivity contribution is 9.11. The second-order valence-corrected chi connectivity index (χ2v) is 4.35. The summed E-state index contributed by atoms with van der Waals surface area (Å²) < 4.78 is 1.80. The van der Waals surface area contributed by atoms with E-state index in [2.05, 4.69) is 36.9 Å². The van der Waals surface area contributed by atoms with Crippen molar-refractivity contribution in [1.29, 1.82) is 0 Å². The number of aliphatic imine (C=N–C) groups is 1. The average molecular weight is 305 g/mol. The topological polar surface area (TPSA) is 29.4 Å². The number of halogens is 2. The summed E-state index contributed by atoms with van der Waals surface area (Å²) in [6.07, 6.45) is 1.54. The molecule has 0 aromatic heterocycles. The van der Waals surface area contributed by atoms with E-state index in [0.717, 1.165) is 20.1 Å². The first-order valence-corrected chi connectivity index (χ1v) is 5.19. The van der Waals surface area contributed by atoms with Crippen LogP contribution in [-0.2, 0) is 4.79 Å². The molecule has 0 unspecified atom stereocenters. The number of carbonyl (C=O) groups excluding carboxylic acids is 1. The van der Waals surface area contributed by atoms with E-state index >= 15 is 0 Å². The van der Waals surface area contributed by atoms with Crippen molar-refractivity contribution in [1.82, 2.24) is 0 Å². The minimum absolute atomic E-state index is 0.649. The van der Waals surface area contributed by atoms with Crippen molar-refractivity contribution >= 4 is 43.6 Å². The summed E-state index contributed by atoms with van der Waals surface area (Å²) >= 11 is 6.74. The van der Waals surface area contributed by atoms with Crippen molar-refractivity contribution < 1.29 is 4.79 Å². The molecule has 0 radical (unpaired) electrons. The van der Waals surface area contributed by atoms with Gasteiger partial charge in [-0.05, 0) is 47.0 Å². The predicted molar refractivity (Wildman–Crippen MR) is 59.1 cm³/mol. The van der Waals surface area contributed by atoms with Gasteiger partial charge < -0.3 is 0 Å². The molecular weight excluding hydrogens is 298 g/mol. The summed E-state index contributed by atoms with van der Waals surface area (Å²) in [6, 6.07) is 1.87. The number of isocyanates is 1. The zero-order valence-electron chi connectivity index (χ0n) is 7.19. The van der Waals surface area contributed by atoms with Gasteiger partial charge in [-0.2, -0.15) is 4.99 Å². The normalized spacial score (nSPS) is 9.54. The second kappa shape index (κ2) is 4.18. The molecule has 0 heterocycles. The van der Waals surface area contributed by atoms with Crippen molar-refractivity contribution in [3.63, 3.8) is 0 Å². The maximum Gasteiger partial charge on any atom is 0.240 e. The fraction of sp³-hybridized carbons (Fsp3) is 0.222. The van der Waals surface area contributed by atoms with E-state index in [0.29, 0.717) is 5.69 Å². The van der Waals surface area contributed by atoms with E-state index < -0.39 is 0 Å². The lowest BCUT2D eigenvalue weighted by atomic mass is 10.1. The molecule has 0 N–H and O–H groups in total. The van der Waals surface area contributed by atoms with Crippen LogP contribution >= 0.6 is 31.9 Å². The first-order chi connectivity index (χ1) is 6.07. The van der Waals surface area contributed by atoms with Gasteiger partial charge in [0.2, 0.25) is 6.08 Å². The van der Waals surface area contributed by atoms with Crippen molar-refractivity contribution in [3.05, 3.63) is 26.1 Å². The largest absolute Gasteiger partial charge is 0.240 e. The van der Waals surface area contributed by atoms with Gasteiger partial charge in [0.25, 0.3) is 0 Å². The molecule has 68 valence electrons. The molecule has 0 bridgehead atoms. The van der Waals surface area contributed by atoms with Crippen LogP contribution in [-0.4, -0.2) is 6.08 Å². The molecule has 1 aromatic carbocycles. The molecule has 4 heteroatoms. The van der Waals surface area contributed by atoms with Crippen LogP contribution < -0.4 is 0 Å². The first-order valence-electron chi connectivity index (χ1n) is 3.61. The standard InChI is InChI=1S/C9H7Br2NO/c1-5-6(2)9(12-4-13)8(11)3-7(5)10/h3H,1-2H3. The number of rotatable bonds is 1. The summed E-state index contributed by atoms with van der Waals surface area (Å²) in [5.41, 5.74) is 2.71. The van der Waals surface area contributed by atoms with Crippen LogP contribution in [0.2, 0.25) is 0 Å². The molecule has 0 aliphatic rings. The minimum Gasteiger partial charge on any atom is -0.211 e. The van der Waals surface area contributed by atoms with E-state index in [1.54, 1.807) is 6.08 Å². The van der Waals surface area contributed by atoms with Gasteiger partial charge in [0.05, 0.1) is 5.69 Å². The van der Waals surface area contributed by atoms with Crippen LogP contribution in [0, 0.1) is 13.8 Å². The zero-order valence-corrected chi connectivity index (χ0v) is 10.4. The molecular formula is C9H7Br2NO. The van der Waals surface area contributed by atoms with E-state index in [-0.39, 0.29) is 0 Å². The van der Waals surface area contributed by atoms with Crippen LogP contribution in [0.15, 0.2) is 20.0 Å². The van der Waals surface area contributed by atoms with E-state index in [9.17, 15) is 4.79 Å². The predicted octanol–water partition coefficient (Wildman–Crippen LogP) is 3.80. The lowest BCUT2D eigenvalue weighted by molar-refractivity contribution is 0.565. The quantitative estimate of drug-likeness (QED) is 0.573. The Balaban J connectivity index is 3.52. The Bertz CT molecular complexity index is 395. The fourth-order valence-corrected chi connectivity index (χ4v) is 2.46. The van der Waals surface area contributed by atoms with Crippen LogP contribution in [0.5, 0.6) is 0 Å². The highest BCUT2D eigenvalue weighted by Gasteiger charge is 2.08. The van der Waals surface area contributed by atoms with Crippen molar-refractivity contribution in [2.75, 3.05) is 0 Å². The van der Waals surface area contributed by atoms with Gasteiger partial charge in [-0.3, -0.25) is 0 Å². The summed E-state index contributed by atoms with van der Waals surface area (Å²) in [5, 5.41) is 0. The number of hydrogen-bond donors (Lipinski definition) is 0. The Kier molecular flexibility index (Phi) is 3.42. The molecule has 0 aliphatic heterocycles. The average Bonchev–Trinajstić information content (AvgIpc) is 2.09. The molecule has 13 heavy (non-hydrogen) atoms. The first kappa shape index (κ1) is 10.6. The minimum atomic E-state index is 0.649. The van der Waals surface area contributed by atoms with Crippen LogP contribution in [0.25, 0.3) is 0 Å². The molecule has 1 aromatic rings. The summed E-state index contributed by atoms with van der Waals surface area (Å²) in [5.74, 6) is 0. The van der Waals surface area contributed by atoms with Crippen LogP contribution in [0.1, 0.15) is 11.1 Å². The van der Waals surface area contributed by atoms with Gasteiger partial charge in [0, 0.05) is 8.95 Å². The fourth-order valence-electron chi connectivity index (χ4n) is 1.01. The molecule has 0 saturated carbocycles. The van der Waals surface area contributed by atoms with Crippen molar-refractivity contribution in [2.45, 2.75) is 13.8 Å². The van der Waals surface area contributed by atoms with Gasteiger partial charge in [-0.1, -0.05) is 15.9 Å². The highest BCUT2D eigenvalue weighted by Crippen LogP contribution is 2.35. The molecule has 2 nitrogen and oxygen atoms in total. The van der Waals surface area contributed by atoms with E-state index in [4.69, 9.17) is 0 Å². The molecule has 0 aliphatic carbocycles. The second-order valence-electron chi connectivity index (χ2n) is 2.64. The Hall–Kier alpha value is -0.440. The Morgan fingerprint density at radius 3 is 2.38 bits per heavy atom. The molecule has 0 spiro atoms. The maximum atomic E-state index is 10.2. The van der Waals surface area contributed by atoms with Crippen molar-refractivity contribution in [3.8, 4) is 0 Å². The van der Waals surface area contributed by atoms with Gasteiger partial charge in [-0.25, -0.2) is 4.79 Å². The third kappa shape index (κ3) is 2.08. The lowest BCUT2D eigenvalue weighted by Crippen LogP contribution is -1.85. The van der Waals surface area contributed by atoms with Gasteiger partial charge in [0.15, 0.2) is 0 Å². The summed E-state index contributed by atoms with van der Waals surface area (Å²) in [7, 11) is 0. The molecule has 0 amide bonds. The Morgan fingerprint density at radius 1 is 1.23 bits per heavy atom. The third-order valence-corrected chi connectivity index (χ3v) is 3.34. The van der Waals surface area contributed by atoms with Crippen LogP contribution in [0.3, 0.4) is 0 Å². The van der Waals surface area contributed by atoms with Crippen LogP contribution in [0.4, 0.5) is 5.69 Å². The molecule has 1 rings (SSSR count). The van der Waals surface area contributed by atoms with Gasteiger partial charge >= 0.3 is 0 Å². The maximum absolute atomic E-state index is 10.2. The van der Waals surface area contributed by atoms with E-state index in [1.165, 1.54) is 0 Å². The third-order valence-electron chi connectivity index (χ3n) is 1.91. The SMILES string of the molecule is Cc1c(Br)cc(Br)c(N=C=O)c1C. The Morgan fingerprint density at radius 2 is 1.85 bits per heavy atom. The number of hydrogen-bond acceptors (Lipinski definition) is 2. The zero-order chi connectivity index (χ0) is 10.0. The summed E-state index contributed by atoms with van der Waals surface area (Å²) in [6.45, 7) is 3.89. The molecule has 0 saturated heterocycles. The number of nitrogens with zero attached hydrogens (tertiary/aromatic N) is 1.